The number of thiophene rings is 1. The maximum atomic E-state index is 13.1. The molecule has 0 saturated carbocycles. The SMILES string of the molecule is CC1CCc2c(C(=O)OCC(=O)N3CCN(c4ccc(F)cc4)CC3)csc2C1. The van der Waals surface area contributed by atoms with Crippen LogP contribution in [0, 0.1) is 11.7 Å². The number of rotatable bonds is 4. The molecule has 1 atom stereocenters. The third-order valence-corrected chi connectivity index (χ3v) is 6.82. The van der Waals surface area contributed by atoms with E-state index >= 15 is 0 Å². The Bertz CT molecular complexity index is 888. The number of halogens is 1. The Kier molecular flexibility index (Phi) is 5.85. The van der Waals surface area contributed by atoms with Gasteiger partial charge in [0.15, 0.2) is 6.61 Å². The molecule has 0 spiro atoms. The first-order valence-corrected chi connectivity index (χ1v) is 10.9. The highest BCUT2D eigenvalue weighted by molar-refractivity contribution is 7.10. The van der Waals surface area contributed by atoms with Crippen molar-refractivity contribution in [3.63, 3.8) is 0 Å². The second kappa shape index (κ2) is 8.53. The van der Waals surface area contributed by atoms with Gasteiger partial charge < -0.3 is 14.5 Å². The fraction of sp³-hybridized carbons (Fsp3) is 0.455. The number of benzene rings is 1. The standard InChI is InChI=1S/C22H25FN2O3S/c1-15-2-7-18-19(14-29-20(18)12-15)22(27)28-13-21(26)25-10-8-24(9-11-25)17-5-3-16(23)4-6-17/h3-6,14-15H,2,7-13H2,1H3. The fourth-order valence-corrected chi connectivity index (χ4v) is 5.24. The Morgan fingerprint density at radius 3 is 2.62 bits per heavy atom. The first kappa shape index (κ1) is 19.9. The van der Waals surface area contributed by atoms with Gasteiger partial charge in [-0.3, -0.25) is 4.79 Å². The van der Waals surface area contributed by atoms with Crippen molar-refractivity contribution in [1.29, 1.82) is 0 Å². The zero-order valence-corrected chi connectivity index (χ0v) is 17.3. The van der Waals surface area contributed by atoms with Gasteiger partial charge in [0.05, 0.1) is 5.56 Å². The summed E-state index contributed by atoms with van der Waals surface area (Å²) in [6, 6.07) is 6.38. The van der Waals surface area contributed by atoms with Crippen LogP contribution in [0.1, 0.15) is 34.1 Å². The molecule has 0 N–H and O–H groups in total. The van der Waals surface area contributed by atoms with Crippen molar-refractivity contribution < 1.29 is 18.7 Å². The summed E-state index contributed by atoms with van der Waals surface area (Å²) in [6.07, 6.45) is 3.01. The van der Waals surface area contributed by atoms with Crippen LogP contribution >= 0.6 is 11.3 Å². The molecule has 0 radical (unpaired) electrons. The highest BCUT2D eigenvalue weighted by Gasteiger charge is 2.26. The molecule has 2 heterocycles. The van der Waals surface area contributed by atoms with E-state index in [0.29, 0.717) is 37.7 Å². The van der Waals surface area contributed by atoms with Gasteiger partial charge in [-0.15, -0.1) is 11.3 Å². The minimum Gasteiger partial charge on any atom is -0.452 e. The van der Waals surface area contributed by atoms with Crippen molar-refractivity contribution in [3.8, 4) is 0 Å². The molecule has 29 heavy (non-hydrogen) atoms. The van der Waals surface area contributed by atoms with E-state index in [4.69, 9.17) is 4.74 Å². The van der Waals surface area contributed by atoms with Crippen LogP contribution in [-0.2, 0) is 22.4 Å². The lowest BCUT2D eigenvalue weighted by Crippen LogP contribution is -2.49. The molecule has 1 aliphatic carbocycles. The van der Waals surface area contributed by atoms with Gasteiger partial charge in [0, 0.05) is 42.1 Å². The number of anilines is 1. The largest absolute Gasteiger partial charge is 0.452 e. The van der Waals surface area contributed by atoms with E-state index in [-0.39, 0.29) is 18.3 Å². The molecule has 1 fully saturated rings. The average molecular weight is 417 g/mol. The second-order valence-electron chi connectivity index (χ2n) is 7.82. The monoisotopic (exact) mass is 416 g/mol. The highest BCUT2D eigenvalue weighted by Crippen LogP contribution is 2.33. The first-order chi connectivity index (χ1) is 14.0. The van der Waals surface area contributed by atoms with Crippen molar-refractivity contribution in [2.75, 3.05) is 37.7 Å². The van der Waals surface area contributed by atoms with E-state index in [1.165, 1.54) is 17.0 Å². The van der Waals surface area contributed by atoms with Crippen molar-refractivity contribution in [2.24, 2.45) is 5.92 Å². The van der Waals surface area contributed by atoms with Gasteiger partial charge in [0.1, 0.15) is 5.82 Å². The minimum absolute atomic E-state index is 0.171. The van der Waals surface area contributed by atoms with E-state index in [9.17, 15) is 14.0 Å². The molecule has 1 aromatic heterocycles. The van der Waals surface area contributed by atoms with Gasteiger partial charge in [-0.05, 0) is 55.0 Å². The fourth-order valence-electron chi connectivity index (χ4n) is 4.01. The van der Waals surface area contributed by atoms with E-state index < -0.39 is 5.97 Å². The molecule has 0 bridgehead atoms. The number of nitrogens with zero attached hydrogens (tertiary/aromatic N) is 2. The summed E-state index contributed by atoms with van der Waals surface area (Å²) >= 11 is 1.62. The number of carbonyl (C=O) groups is 2. The van der Waals surface area contributed by atoms with Crippen LogP contribution in [0.25, 0.3) is 0 Å². The molecule has 1 amide bonds. The van der Waals surface area contributed by atoms with Gasteiger partial charge in [0.25, 0.3) is 5.91 Å². The normalized spacial score (nSPS) is 19.0. The Morgan fingerprint density at radius 2 is 1.90 bits per heavy atom. The molecular formula is C22H25FN2O3S. The maximum Gasteiger partial charge on any atom is 0.339 e. The average Bonchev–Trinajstić information content (AvgIpc) is 3.15. The number of piperazine rings is 1. The van der Waals surface area contributed by atoms with Gasteiger partial charge in [0.2, 0.25) is 0 Å². The Labute approximate surface area is 174 Å². The van der Waals surface area contributed by atoms with Crippen LogP contribution in [0.15, 0.2) is 29.6 Å². The Morgan fingerprint density at radius 1 is 1.17 bits per heavy atom. The van der Waals surface area contributed by atoms with Crippen molar-refractivity contribution in [3.05, 3.63) is 51.5 Å². The second-order valence-corrected chi connectivity index (χ2v) is 8.78. The van der Waals surface area contributed by atoms with Gasteiger partial charge >= 0.3 is 5.97 Å². The lowest BCUT2D eigenvalue weighted by molar-refractivity contribution is -0.134. The first-order valence-electron chi connectivity index (χ1n) is 10.1. The summed E-state index contributed by atoms with van der Waals surface area (Å²) in [5, 5.41) is 1.87. The van der Waals surface area contributed by atoms with E-state index in [1.807, 2.05) is 5.38 Å². The summed E-state index contributed by atoms with van der Waals surface area (Å²) in [5.41, 5.74) is 2.69. The molecule has 1 aliphatic heterocycles. The maximum absolute atomic E-state index is 13.1. The molecule has 154 valence electrons. The lowest BCUT2D eigenvalue weighted by Gasteiger charge is -2.36. The molecule has 1 unspecified atom stereocenters. The third kappa shape index (κ3) is 4.45. The number of carbonyl (C=O) groups excluding carboxylic acids is 2. The van der Waals surface area contributed by atoms with Crippen LogP contribution in [-0.4, -0.2) is 49.6 Å². The zero-order chi connectivity index (χ0) is 20.4. The predicted octanol–water partition coefficient (Wildman–Crippen LogP) is 3.52. The van der Waals surface area contributed by atoms with E-state index in [2.05, 4.69) is 11.8 Å². The summed E-state index contributed by atoms with van der Waals surface area (Å²) in [6.45, 7) is 4.45. The number of hydrogen-bond acceptors (Lipinski definition) is 5. The predicted molar refractivity (Wildman–Crippen MR) is 111 cm³/mol. The number of amides is 1. The number of ether oxygens (including phenoxy) is 1. The van der Waals surface area contributed by atoms with Crippen molar-refractivity contribution in [1.82, 2.24) is 4.90 Å². The smallest absolute Gasteiger partial charge is 0.339 e. The van der Waals surface area contributed by atoms with E-state index in [0.717, 1.165) is 30.5 Å². The highest BCUT2D eigenvalue weighted by atomic mass is 32.1. The Hall–Kier alpha value is -2.41. The van der Waals surface area contributed by atoms with Crippen LogP contribution in [0.2, 0.25) is 0 Å². The quantitative estimate of drug-likeness (QED) is 0.716. The minimum atomic E-state index is -0.393. The van der Waals surface area contributed by atoms with Gasteiger partial charge in [-0.2, -0.15) is 0 Å². The third-order valence-electron chi connectivity index (χ3n) is 5.77. The molecule has 5 nitrogen and oxygen atoms in total. The molecule has 2 aliphatic rings. The van der Waals surface area contributed by atoms with Crippen molar-refractivity contribution >= 4 is 28.9 Å². The van der Waals surface area contributed by atoms with Crippen LogP contribution < -0.4 is 4.90 Å². The zero-order valence-electron chi connectivity index (χ0n) is 16.5. The van der Waals surface area contributed by atoms with E-state index in [1.54, 1.807) is 28.4 Å². The molecule has 4 rings (SSSR count). The summed E-state index contributed by atoms with van der Waals surface area (Å²) in [4.78, 5) is 30.1. The Balaban J connectivity index is 1.27. The summed E-state index contributed by atoms with van der Waals surface area (Å²) < 4.78 is 18.4. The number of fused-ring (bicyclic) bond motifs is 1. The number of esters is 1. The van der Waals surface area contributed by atoms with Gasteiger partial charge in [-0.1, -0.05) is 6.92 Å². The molecule has 7 heteroatoms. The molecule has 1 saturated heterocycles. The van der Waals surface area contributed by atoms with Crippen molar-refractivity contribution in [2.45, 2.75) is 26.2 Å². The summed E-state index contributed by atoms with van der Waals surface area (Å²) in [7, 11) is 0. The lowest BCUT2D eigenvalue weighted by atomic mass is 9.88. The van der Waals surface area contributed by atoms with Gasteiger partial charge in [-0.25, -0.2) is 9.18 Å². The van der Waals surface area contributed by atoms with Crippen LogP contribution in [0.3, 0.4) is 0 Å². The van der Waals surface area contributed by atoms with Crippen LogP contribution in [0.5, 0.6) is 0 Å². The molecule has 1 aromatic carbocycles. The number of hydrogen-bond donors (Lipinski definition) is 0. The topological polar surface area (TPSA) is 49.9 Å². The molecule has 2 aromatic rings. The molecular weight excluding hydrogens is 391 g/mol. The van der Waals surface area contributed by atoms with Crippen LogP contribution in [0.4, 0.5) is 10.1 Å². The summed E-state index contributed by atoms with van der Waals surface area (Å²) in [5.74, 6) is -0.170.